The lowest BCUT2D eigenvalue weighted by atomic mass is 9.65. The van der Waals surface area contributed by atoms with E-state index in [0.717, 1.165) is 33.4 Å². The molecule has 0 saturated carbocycles. The van der Waals surface area contributed by atoms with Gasteiger partial charge in [-0.05, 0) is 75.7 Å². The van der Waals surface area contributed by atoms with Gasteiger partial charge in [-0.25, -0.2) is 0 Å². The summed E-state index contributed by atoms with van der Waals surface area (Å²) in [7, 11) is -4.11. The molecule has 198 valence electrons. The molecule has 1 spiro atoms. The van der Waals surface area contributed by atoms with Gasteiger partial charge in [-0.1, -0.05) is 96.1 Å². The van der Waals surface area contributed by atoms with Crippen LogP contribution in [0.15, 0.2) is 60.2 Å². The first kappa shape index (κ1) is 28.0. The number of fused-ring (bicyclic) bond motifs is 4. The Morgan fingerprint density at radius 1 is 0.703 bits per heavy atom. The van der Waals surface area contributed by atoms with Crippen LogP contribution in [0.2, 0.25) is 36.3 Å². The van der Waals surface area contributed by atoms with Gasteiger partial charge in [-0.15, -0.1) is 0 Å². The highest BCUT2D eigenvalue weighted by Gasteiger charge is 2.53. The van der Waals surface area contributed by atoms with Crippen LogP contribution in [-0.4, -0.2) is 35.6 Å². The fraction of sp³-hybridized carbons (Fsp3) is 0.469. The lowest BCUT2D eigenvalue weighted by molar-refractivity contribution is -0.117. The monoisotopic (exact) mass is 532 g/mol. The smallest absolute Gasteiger partial charge is 0.192 e. The molecule has 5 heteroatoms. The SMILES string of the molecule is CC(C)(C)[Si](C)(C)OCC1=C(CO[Si](C)(C)C(C)(C)C)C2(C(=O)C=Cc3ccccc32)c2ccccc21. The molecule has 37 heavy (non-hydrogen) atoms. The molecule has 2 aromatic rings. The molecule has 0 amide bonds. The Morgan fingerprint density at radius 2 is 1.22 bits per heavy atom. The summed E-state index contributed by atoms with van der Waals surface area (Å²) in [6.45, 7) is 23.7. The number of hydrogen-bond acceptors (Lipinski definition) is 3. The second-order valence-electron chi connectivity index (χ2n) is 13.6. The Labute approximate surface area is 226 Å². The average molecular weight is 533 g/mol. The quantitative estimate of drug-likeness (QED) is 0.351. The van der Waals surface area contributed by atoms with Gasteiger partial charge in [-0.2, -0.15) is 0 Å². The van der Waals surface area contributed by atoms with Gasteiger partial charge in [0.15, 0.2) is 22.4 Å². The molecule has 4 rings (SSSR count). The number of carbonyl (C=O) groups is 1. The third-order valence-electron chi connectivity index (χ3n) is 9.39. The van der Waals surface area contributed by atoms with Crippen LogP contribution >= 0.6 is 0 Å². The van der Waals surface area contributed by atoms with Crippen molar-refractivity contribution in [2.45, 2.75) is 83.2 Å². The van der Waals surface area contributed by atoms with Gasteiger partial charge in [0.05, 0.1) is 13.2 Å². The molecule has 0 aliphatic heterocycles. The molecular formula is C32H44O3Si2. The first-order valence-corrected chi connectivity index (χ1v) is 19.3. The average Bonchev–Trinajstić information content (AvgIpc) is 3.08. The number of hydrogen-bond donors (Lipinski definition) is 0. The van der Waals surface area contributed by atoms with E-state index in [1.807, 2.05) is 18.2 Å². The normalized spacial score (nSPS) is 20.0. The number of benzene rings is 2. The molecule has 3 nitrogen and oxygen atoms in total. The molecule has 0 aromatic heterocycles. The second-order valence-corrected chi connectivity index (χ2v) is 23.3. The predicted octanol–water partition coefficient (Wildman–Crippen LogP) is 8.38. The summed E-state index contributed by atoms with van der Waals surface area (Å²) < 4.78 is 13.7. The minimum Gasteiger partial charge on any atom is -0.413 e. The van der Waals surface area contributed by atoms with E-state index in [1.54, 1.807) is 6.08 Å². The fourth-order valence-corrected chi connectivity index (χ4v) is 6.80. The molecule has 2 aromatic carbocycles. The summed E-state index contributed by atoms with van der Waals surface area (Å²) in [5, 5.41) is 0.162. The van der Waals surface area contributed by atoms with Gasteiger partial charge in [0.2, 0.25) is 0 Å². The summed E-state index contributed by atoms with van der Waals surface area (Å²) in [5.74, 6) is 0.106. The number of carbonyl (C=O) groups excluding carboxylic acids is 1. The van der Waals surface area contributed by atoms with Crippen LogP contribution in [0, 0.1) is 0 Å². The predicted molar refractivity (Wildman–Crippen MR) is 161 cm³/mol. The van der Waals surface area contributed by atoms with Crippen LogP contribution in [0.3, 0.4) is 0 Å². The summed E-state index contributed by atoms with van der Waals surface area (Å²) in [5.41, 5.74) is 5.61. The zero-order valence-corrected chi connectivity index (χ0v) is 26.4. The molecule has 2 aliphatic rings. The van der Waals surface area contributed by atoms with Crippen LogP contribution in [0.5, 0.6) is 0 Å². The molecule has 0 saturated heterocycles. The maximum atomic E-state index is 14.2. The zero-order valence-electron chi connectivity index (χ0n) is 24.4. The highest BCUT2D eigenvalue weighted by Crippen LogP contribution is 2.54. The minimum atomic E-state index is -2.08. The first-order valence-electron chi connectivity index (χ1n) is 13.5. The van der Waals surface area contributed by atoms with Gasteiger partial charge in [-0.3, -0.25) is 4.79 Å². The van der Waals surface area contributed by atoms with E-state index < -0.39 is 22.0 Å². The third kappa shape index (κ3) is 4.58. The molecule has 0 heterocycles. The second kappa shape index (κ2) is 9.30. The summed E-state index contributed by atoms with van der Waals surface area (Å²) in [6.07, 6.45) is 3.73. The van der Waals surface area contributed by atoms with Gasteiger partial charge >= 0.3 is 0 Å². The minimum absolute atomic E-state index is 0.0678. The highest BCUT2D eigenvalue weighted by molar-refractivity contribution is 6.74. The number of allylic oxidation sites excluding steroid dienone is 1. The van der Waals surface area contributed by atoms with Gasteiger partial charge in [0, 0.05) is 0 Å². The van der Waals surface area contributed by atoms with Crippen LogP contribution in [-0.2, 0) is 19.1 Å². The summed E-state index contributed by atoms with van der Waals surface area (Å²) in [4.78, 5) is 14.2. The molecule has 1 atom stereocenters. The van der Waals surface area contributed by atoms with Gasteiger partial charge < -0.3 is 8.85 Å². The Hall–Kier alpha value is -2.06. The Kier molecular flexibility index (Phi) is 7.03. The molecule has 0 N–H and O–H groups in total. The Balaban J connectivity index is 1.95. The van der Waals surface area contributed by atoms with Crippen LogP contribution in [0.4, 0.5) is 0 Å². The van der Waals surface area contributed by atoms with Crippen LogP contribution in [0.1, 0.15) is 63.8 Å². The van der Waals surface area contributed by atoms with Gasteiger partial charge in [0.1, 0.15) is 5.41 Å². The third-order valence-corrected chi connectivity index (χ3v) is 18.3. The van der Waals surface area contributed by atoms with Crippen molar-refractivity contribution >= 4 is 34.1 Å². The van der Waals surface area contributed by atoms with Crippen molar-refractivity contribution < 1.29 is 13.6 Å². The topological polar surface area (TPSA) is 35.5 Å². The molecule has 0 fully saturated rings. The highest BCUT2D eigenvalue weighted by atomic mass is 28.4. The molecule has 0 bridgehead atoms. The van der Waals surface area contributed by atoms with E-state index in [0.29, 0.717) is 13.2 Å². The maximum absolute atomic E-state index is 14.2. The van der Waals surface area contributed by atoms with Crippen molar-refractivity contribution in [1.82, 2.24) is 0 Å². The molecule has 0 radical (unpaired) electrons. The van der Waals surface area contributed by atoms with E-state index in [2.05, 4.69) is 104 Å². The van der Waals surface area contributed by atoms with Crippen molar-refractivity contribution in [3.8, 4) is 0 Å². The Morgan fingerprint density at radius 3 is 1.81 bits per heavy atom. The van der Waals surface area contributed by atoms with Crippen molar-refractivity contribution in [1.29, 1.82) is 0 Å². The summed E-state index contributed by atoms with van der Waals surface area (Å²) >= 11 is 0. The first-order chi connectivity index (χ1) is 17.0. The van der Waals surface area contributed by atoms with E-state index >= 15 is 0 Å². The van der Waals surface area contributed by atoms with Crippen molar-refractivity contribution in [3.05, 3.63) is 82.4 Å². The van der Waals surface area contributed by atoms with E-state index in [4.69, 9.17) is 8.85 Å². The summed E-state index contributed by atoms with van der Waals surface area (Å²) in [6, 6.07) is 16.8. The van der Waals surface area contributed by atoms with Gasteiger partial charge in [0.25, 0.3) is 0 Å². The maximum Gasteiger partial charge on any atom is 0.192 e. The molecular weight excluding hydrogens is 489 g/mol. The number of rotatable bonds is 6. The lowest BCUT2D eigenvalue weighted by Crippen LogP contribution is -2.45. The van der Waals surface area contributed by atoms with E-state index in [1.165, 1.54) is 0 Å². The standard InChI is InChI=1S/C32H44O3Si2/c1-30(2,3)36(7,8)34-21-25-24-16-12-14-18-27(24)32(28(25)22-35-37(9,10)31(4,5)6)26-17-13-11-15-23(26)19-20-29(32)33/h11-20H,21-22H2,1-10H3. The van der Waals surface area contributed by atoms with Crippen molar-refractivity contribution in [2.75, 3.05) is 13.2 Å². The van der Waals surface area contributed by atoms with Crippen molar-refractivity contribution in [2.24, 2.45) is 0 Å². The lowest BCUT2D eigenvalue weighted by Gasteiger charge is -2.40. The van der Waals surface area contributed by atoms with Crippen LogP contribution < -0.4 is 0 Å². The molecule has 1 unspecified atom stereocenters. The van der Waals surface area contributed by atoms with Crippen LogP contribution in [0.25, 0.3) is 11.6 Å². The number of ketones is 1. The Bertz CT molecular complexity index is 1270. The van der Waals surface area contributed by atoms with E-state index in [9.17, 15) is 4.79 Å². The van der Waals surface area contributed by atoms with Crippen molar-refractivity contribution in [3.63, 3.8) is 0 Å². The van der Waals surface area contributed by atoms with E-state index in [-0.39, 0.29) is 15.9 Å². The molecule has 2 aliphatic carbocycles. The zero-order chi connectivity index (χ0) is 27.4. The fourth-order valence-electron chi connectivity index (χ4n) is 4.92. The largest absolute Gasteiger partial charge is 0.413 e.